The average molecular weight is 304 g/mol. The first kappa shape index (κ1) is 15.7. The molecule has 0 spiro atoms. The van der Waals surface area contributed by atoms with Gasteiger partial charge in [-0.1, -0.05) is 17.7 Å². The van der Waals surface area contributed by atoms with E-state index in [2.05, 4.69) is 5.32 Å². The fourth-order valence-corrected chi connectivity index (χ4v) is 2.35. The summed E-state index contributed by atoms with van der Waals surface area (Å²) in [6.07, 6.45) is 0.681. The van der Waals surface area contributed by atoms with Gasteiger partial charge in [-0.15, -0.1) is 11.8 Å². The predicted molar refractivity (Wildman–Crippen MR) is 76.3 cm³/mol. The van der Waals surface area contributed by atoms with Gasteiger partial charge in [0.25, 0.3) is 5.69 Å². The first-order valence-corrected chi connectivity index (χ1v) is 7.05. The number of rotatable bonds is 7. The number of nitro groups is 1. The van der Waals surface area contributed by atoms with E-state index in [4.69, 9.17) is 17.3 Å². The van der Waals surface area contributed by atoms with Gasteiger partial charge in [0.05, 0.1) is 22.4 Å². The van der Waals surface area contributed by atoms with Gasteiger partial charge < -0.3 is 11.1 Å². The van der Waals surface area contributed by atoms with Gasteiger partial charge in [0.2, 0.25) is 5.91 Å². The van der Waals surface area contributed by atoms with Gasteiger partial charge in [-0.05, 0) is 17.7 Å². The van der Waals surface area contributed by atoms with Crippen molar-refractivity contribution in [2.45, 2.75) is 6.42 Å². The highest BCUT2D eigenvalue weighted by molar-refractivity contribution is 7.99. The summed E-state index contributed by atoms with van der Waals surface area (Å²) in [5, 5.41) is 13.6. The number of carbonyl (C=O) groups is 1. The topological polar surface area (TPSA) is 98.3 Å². The summed E-state index contributed by atoms with van der Waals surface area (Å²) in [6, 6.07) is 4.43. The second-order valence-electron chi connectivity index (χ2n) is 3.64. The molecule has 1 amide bonds. The normalized spacial score (nSPS) is 10.2. The number of halogens is 1. The molecule has 0 atom stereocenters. The highest BCUT2D eigenvalue weighted by Gasteiger charge is 2.09. The third kappa shape index (κ3) is 5.46. The Hall–Kier alpha value is -1.31. The third-order valence-electron chi connectivity index (χ3n) is 2.32. The number of benzene rings is 1. The number of thioether (sulfide) groups is 1. The molecule has 6 nitrogen and oxygen atoms in total. The van der Waals surface area contributed by atoms with Crippen molar-refractivity contribution in [3.05, 3.63) is 38.9 Å². The predicted octanol–water partition coefficient (Wildman–Crippen LogP) is 1.56. The molecule has 0 saturated heterocycles. The Labute approximate surface area is 119 Å². The van der Waals surface area contributed by atoms with Crippen LogP contribution in [-0.2, 0) is 11.2 Å². The Kier molecular flexibility index (Phi) is 6.61. The average Bonchev–Trinajstić information content (AvgIpc) is 2.39. The Bertz CT molecular complexity index is 470. The van der Waals surface area contributed by atoms with E-state index >= 15 is 0 Å². The van der Waals surface area contributed by atoms with Crippen LogP contribution in [0, 0.1) is 10.1 Å². The summed E-state index contributed by atoms with van der Waals surface area (Å²) < 4.78 is 0. The van der Waals surface area contributed by atoms with Crippen LogP contribution in [0.15, 0.2) is 18.2 Å². The van der Waals surface area contributed by atoms with Gasteiger partial charge in [0.1, 0.15) is 0 Å². The number of amides is 1. The molecule has 1 aromatic carbocycles. The molecule has 0 saturated carbocycles. The molecule has 0 unspecified atom stereocenters. The van der Waals surface area contributed by atoms with Crippen molar-refractivity contribution in [1.29, 1.82) is 0 Å². The molecule has 0 aliphatic carbocycles. The number of nitro benzene ring substituents is 1. The molecule has 19 heavy (non-hydrogen) atoms. The molecular formula is C11H14ClN3O3S. The van der Waals surface area contributed by atoms with Crippen molar-refractivity contribution >= 4 is 35.0 Å². The highest BCUT2D eigenvalue weighted by atomic mass is 35.5. The van der Waals surface area contributed by atoms with E-state index in [1.54, 1.807) is 6.07 Å². The second-order valence-corrected chi connectivity index (χ2v) is 5.15. The van der Waals surface area contributed by atoms with Crippen LogP contribution in [0.3, 0.4) is 0 Å². The van der Waals surface area contributed by atoms with Crippen LogP contribution < -0.4 is 11.1 Å². The largest absolute Gasteiger partial charge is 0.346 e. The summed E-state index contributed by atoms with van der Waals surface area (Å²) in [5.74, 6) is 1.05. The Morgan fingerprint density at radius 2 is 2.26 bits per heavy atom. The molecule has 0 heterocycles. The lowest BCUT2D eigenvalue weighted by Gasteiger charge is -2.05. The molecule has 0 radical (unpaired) electrons. The SMILES string of the molecule is NCC(=O)NCSCCc1ccc([N+](=O)[O-])cc1Cl. The van der Waals surface area contributed by atoms with E-state index in [-0.39, 0.29) is 18.1 Å². The highest BCUT2D eigenvalue weighted by Crippen LogP contribution is 2.23. The van der Waals surface area contributed by atoms with E-state index in [0.717, 1.165) is 11.3 Å². The van der Waals surface area contributed by atoms with Gasteiger partial charge in [-0.2, -0.15) is 0 Å². The zero-order chi connectivity index (χ0) is 14.3. The van der Waals surface area contributed by atoms with Crippen molar-refractivity contribution in [3.63, 3.8) is 0 Å². The lowest BCUT2D eigenvalue weighted by Crippen LogP contribution is -2.29. The number of hydrogen-bond acceptors (Lipinski definition) is 5. The van der Waals surface area contributed by atoms with Gasteiger partial charge in [-0.25, -0.2) is 0 Å². The molecule has 8 heteroatoms. The van der Waals surface area contributed by atoms with Gasteiger partial charge in [0, 0.05) is 12.1 Å². The summed E-state index contributed by atoms with van der Waals surface area (Å²) >= 11 is 7.49. The maximum Gasteiger partial charge on any atom is 0.270 e. The summed E-state index contributed by atoms with van der Waals surface area (Å²) in [5.41, 5.74) is 5.98. The smallest absolute Gasteiger partial charge is 0.270 e. The Morgan fingerprint density at radius 1 is 1.53 bits per heavy atom. The van der Waals surface area contributed by atoms with Crippen LogP contribution in [-0.4, -0.2) is 29.0 Å². The maximum absolute atomic E-state index is 10.9. The lowest BCUT2D eigenvalue weighted by molar-refractivity contribution is -0.384. The number of nitrogens with one attached hydrogen (secondary N) is 1. The Morgan fingerprint density at radius 3 is 2.84 bits per heavy atom. The minimum Gasteiger partial charge on any atom is -0.346 e. The van der Waals surface area contributed by atoms with Crippen molar-refractivity contribution in [2.75, 3.05) is 18.2 Å². The second kappa shape index (κ2) is 7.98. The monoisotopic (exact) mass is 303 g/mol. The molecule has 0 aromatic heterocycles. The first-order chi connectivity index (χ1) is 9.04. The Balaban J connectivity index is 2.37. The van der Waals surface area contributed by atoms with Gasteiger partial charge in [-0.3, -0.25) is 14.9 Å². The zero-order valence-corrected chi connectivity index (χ0v) is 11.7. The number of aryl methyl sites for hydroxylation is 1. The number of non-ortho nitro benzene ring substituents is 1. The van der Waals surface area contributed by atoms with E-state index in [1.807, 2.05) is 0 Å². The molecule has 1 rings (SSSR count). The summed E-state index contributed by atoms with van der Waals surface area (Å²) in [4.78, 5) is 20.9. The maximum atomic E-state index is 10.9. The standard InChI is InChI=1S/C11H14ClN3O3S/c12-10-5-9(15(17)18)2-1-8(10)3-4-19-7-14-11(16)6-13/h1-2,5H,3-4,6-7,13H2,(H,14,16). The molecule has 0 aliphatic heterocycles. The quantitative estimate of drug-likeness (QED) is 0.345. The van der Waals surface area contributed by atoms with Crippen LogP contribution in [0.2, 0.25) is 5.02 Å². The minimum absolute atomic E-state index is 0.0170. The fraction of sp³-hybridized carbons (Fsp3) is 0.364. The lowest BCUT2D eigenvalue weighted by atomic mass is 10.1. The molecule has 0 aliphatic rings. The summed E-state index contributed by atoms with van der Waals surface area (Å²) in [7, 11) is 0. The summed E-state index contributed by atoms with van der Waals surface area (Å²) in [6.45, 7) is -0.0191. The van der Waals surface area contributed by atoms with E-state index in [9.17, 15) is 14.9 Å². The van der Waals surface area contributed by atoms with Crippen LogP contribution in [0.5, 0.6) is 0 Å². The zero-order valence-electron chi connectivity index (χ0n) is 10.1. The molecular weight excluding hydrogens is 290 g/mol. The van der Waals surface area contributed by atoms with Crippen LogP contribution in [0.1, 0.15) is 5.56 Å². The van der Waals surface area contributed by atoms with Crippen LogP contribution >= 0.6 is 23.4 Å². The fourth-order valence-electron chi connectivity index (χ4n) is 1.31. The molecule has 1 aromatic rings. The first-order valence-electron chi connectivity index (χ1n) is 5.52. The molecule has 104 valence electrons. The van der Waals surface area contributed by atoms with Gasteiger partial charge >= 0.3 is 0 Å². The van der Waals surface area contributed by atoms with Crippen molar-refractivity contribution < 1.29 is 9.72 Å². The molecule has 0 fully saturated rings. The van der Waals surface area contributed by atoms with Crippen molar-refractivity contribution in [1.82, 2.24) is 5.32 Å². The number of nitrogens with zero attached hydrogens (tertiary/aromatic N) is 1. The van der Waals surface area contributed by atoms with Gasteiger partial charge in [0.15, 0.2) is 0 Å². The van der Waals surface area contributed by atoms with E-state index in [0.29, 0.717) is 17.3 Å². The van der Waals surface area contributed by atoms with Crippen molar-refractivity contribution in [3.8, 4) is 0 Å². The number of carbonyl (C=O) groups excluding carboxylic acids is 1. The van der Waals surface area contributed by atoms with E-state index < -0.39 is 4.92 Å². The number of nitrogens with two attached hydrogens (primary N) is 1. The minimum atomic E-state index is -0.479. The number of hydrogen-bond donors (Lipinski definition) is 2. The third-order valence-corrected chi connectivity index (χ3v) is 3.51. The van der Waals surface area contributed by atoms with Crippen LogP contribution in [0.25, 0.3) is 0 Å². The van der Waals surface area contributed by atoms with Crippen LogP contribution in [0.4, 0.5) is 5.69 Å². The van der Waals surface area contributed by atoms with Crippen molar-refractivity contribution in [2.24, 2.45) is 5.73 Å². The molecule has 3 N–H and O–H groups in total. The molecule has 0 bridgehead atoms. The van der Waals surface area contributed by atoms with E-state index in [1.165, 1.54) is 23.9 Å².